The van der Waals surface area contributed by atoms with Gasteiger partial charge in [0.2, 0.25) is 0 Å². The number of ether oxygens (including phenoxy) is 3. The van der Waals surface area contributed by atoms with Gasteiger partial charge >= 0.3 is 0 Å². The van der Waals surface area contributed by atoms with Gasteiger partial charge in [-0.2, -0.15) is 0 Å². The molecule has 0 bridgehead atoms. The summed E-state index contributed by atoms with van der Waals surface area (Å²) in [5.41, 5.74) is 1.04. The van der Waals surface area contributed by atoms with Crippen LogP contribution in [0.5, 0.6) is 11.5 Å². The molecule has 0 aliphatic carbocycles. The van der Waals surface area contributed by atoms with Gasteiger partial charge in [-0.05, 0) is 37.5 Å². The molecule has 0 unspecified atom stereocenters. The molecule has 1 fully saturated rings. The maximum absolute atomic E-state index is 12.4. The summed E-state index contributed by atoms with van der Waals surface area (Å²) in [6.45, 7) is 3.97. The molecule has 0 amide bonds. The van der Waals surface area contributed by atoms with E-state index >= 15 is 0 Å². The fourth-order valence-electron chi connectivity index (χ4n) is 2.86. The molecule has 0 aromatic heterocycles. The second-order valence-corrected chi connectivity index (χ2v) is 7.88. The summed E-state index contributed by atoms with van der Waals surface area (Å²) < 4.78 is 29.2. The van der Waals surface area contributed by atoms with Crippen molar-refractivity contribution < 1.29 is 18.4 Å². The first-order valence-corrected chi connectivity index (χ1v) is 9.48. The van der Waals surface area contributed by atoms with E-state index in [2.05, 4.69) is 0 Å². The number of hydrogen-bond acceptors (Lipinski definition) is 4. The minimum Gasteiger partial charge on any atom is -0.489 e. The van der Waals surface area contributed by atoms with Gasteiger partial charge in [0.1, 0.15) is 0 Å². The SMILES string of the molecule is C[C@@H]1OCC[C@@H]1[S@@](=O)CCc1cc(Cl)c2c(c1)OCCCO2. The van der Waals surface area contributed by atoms with Crippen molar-refractivity contribution in [2.75, 3.05) is 25.6 Å². The molecule has 2 heterocycles. The normalized spacial score (nSPS) is 25.7. The highest BCUT2D eigenvalue weighted by Gasteiger charge is 2.29. The van der Waals surface area contributed by atoms with Crippen LogP contribution < -0.4 is 9.47 Å². The van der Waals surface area contributed by atoms with Gasteiger partial charge < -0.3 is 14.2 Å². The first-order chi connectivity index (χ1) is 10.6. The Bertz CT molecular complexity index is 563. The molecular formula is C16H21ClO4S. The summed E-state index contributed by atoms with van der Waals surface area (Å²) in [7, 11) is -0.878. The van der Waals surface area contributed by atoms with E-state index in [0.29, 0.717) is 48.5 Å². The minimum absolute atomic E-state index is 0.0909. The lowest BCUT2D eigenvalue weighted by Gasteiger charge is -2.14. The Kier molecular flexibility index (Phi) is 5.26. The molecule has 0 radical (unpaired) electrons. The second kappa shape index (κ2) is 7.20. The molecule has 1 aromatic rings. The molecule has 1 aromatic carbocycles. The number of aryl methyl sites for hydroxylation is 1. The minimum atomic E-state index is -0.878. The maximum Gasteiger partial charge on any atom is 0.179 e. The molecule has 2 aliphatic rings. The van der Waals surface area contributed by atoms with Crippen molar-refractivity contribution in [3.63, 3.8) is 0 Å². The van der Waals surface area contributed by atoms with Crippen LogP contribution >= 0.6 is 11.6 Å². The molecule has 3 atom stereocenters. The van der Waals surface area contributed by atoms with Gasteiger partial charge in [0.05, 0.1) is 29.6 Å². The zero-order valence-electron chi connectivity index (χ0n) is 12.7. The number of hydrogen-bond donors (Lipinski definition) is 0. The third-order valence-electron chi connectivity index (χ3n) is 4.10. The zero-order chi connectivity index (χ0) is 15.5. The molecule has 4 nitrogen and oxygen atoms in total. The molecule has 2 aliphatic heterocycles. The summed E-state index contributed by atoms with van der Waals surface area (Å²) >= 11 is 6.28. The van der Waals surface area contributed by atoms with E-state index in [0.717, 1.165) is 18.4 Å². The summed E-state index contributed by atoms with van der Waals surface area (Å²) in [4.78, 5) is 0. The van der Waals surface area contributed by atoms with Crippen LogP contribution in [0.2, 0.25) is 5.02 Å². The van der Waals surface area contributed by atoms with Gasteiger partial charge in [-0.25, -0.2) is 0 Å². The Balaban J connectivity index is 1.66. The molecule has 122 valence electrons. The van der Waals surface area contributed by atoms with Crippen LogP contribution in [0.3, 0.4) is 0 Å². The summed E-state index contributed by atoms with van der Waals surface area (Å²) in [6.07, 6.45) is 2.54. The average Bonchev–Trinajstić information content (AvgIpc) is 2.78. The van der Waals surface area contributed by atoms with E-state index in [9.17, 15) is 4.21 Å². The fraction of sp³-hybridized carbons (Fsp3) is 0.625. The highest BCUT2D eigenvalue weighted by Crippen LogP contribution is 2.38. The fourth-order valence-corrected chi connectivity index (χ4v) is 4.75. The van der Waals surface area contributed by atoms with E-state index in [-0.39, 0.29) is 11.4 Å². The van der Waals surface area contributed by atoms with Crippen molar-refractivity contribution in [2.24, 2.45) is 0 Å². The largest absolute Gasteiger partial charge is 0.489 e. The van der Waals surface area contributed by atoms with Crippen LogP contribution in [0.4, 0.5) is 0 Å². The molecule has 0 saturated carbocycles. The van der Waals surface area contributed by atoms with Gasteiger partial charge in [-0.3, -0.25) is 4.21 Å². The summed E-state index contributed by atoms with van der Waals surface area (Å²) in [5.74, 6) is 1.94. The van der Waals surface area contributed by atoms with Gasteiger partial charge in [-0.1, -0.05) is 11.6 Å². The number of benzene rings is 1. The highest BCUT2D eigenvalue weighted by atomic mass is 35.5. The van der Waals surface area contributed by atoms with Crippen molar-refractivity contribution >= 4 is 22.4 Å². The van der Waals surface area contributed by atoms with E-state index in [1.807, 2.05) is 19.1 Å². The molecule has 0 N–H and O–H groups in total. The smallest absolute Gasteiger partial charge is 0.179 e. The topological polar surface area (TPSA) is 44.8 Å². The lowest BCUT2D eigenvalue weighted by Crippen LogP contribution is -2.25. The van der Waals surface area contributed by atoms with Crippen LogP contribution in [-0.4, -0.2) is 41.1 Å². The van der Waals surface area contributed by atoms with Crippen LogP contribution in [-0.2, 0) is 22.0 Å². The Morgan fingerprint density at radius 2 is 2.09 bits per heavy atom. The summed E-state index contributed by atoms with van der Waals surface area (Å²) in [5, 5.41) is 0.716. The van der Waals surface area contributed by atoms with Gasteiger partial charge in [-0.15, -0.1) is 0 Å². The predicted octanol–water partition coefficient (Wildman–Crippen LogP) is 2.97. The van der Waals surface area contributed by atoms with Crippen molar-refractivity contribution in [1.82, 2.24) is 0 Å². The molecular weight excluding hydrogens is 324 g/mol. The molecule has 3 rings (SSSR count). The monoisotopic (exact) mass is 344 g/mol. The van der Waals surface area contributed by atoms with Crippen molar-refractivity contribution in [3.8, 4) is 11.5 Å². The third kappa shape index (κ3) is 3.58. The van der Waals surface area contributed by atoms with Crippen LogP contribution in [0.1, 0.15) is 25.3 Å². The van der Waals surface area contributed by atoms with Gasteiger partial charge in [0, 0.05) is 29.6 Å². The van der Waals surface area contributed by atoms with Crippen molar-refractivity contribution in [3.05, 3.63) is 22.7 Å². The van der Waals surface area contributed by atoms with E-state index in [4.69, 9.17) is 25.8 Å². The van der Waals surface area contributed by atoms with E-state index < -0.39 is 10.8 Å². The average molecular weight is 345 g/mol. The summed E-state index contributed by atoms with van der Waals surface area (Å²) in [6, 6.07) is 3.85. The quantitative estimate of drug-likeness (QED) is 0.842. The van der Waals surface area contributed by atoms with Crippen LogP contribution in [0.25, 0.3) is 0 Å². The molecule has 0 spiro atoms. The van der Waals surface area contributed by atoms with Crippen LogP contribution in [0, 0.1) is 0 Å². The van der Waals surface area contributed by atoms with Crippen molar-refractivity contribution in [2.45, 2.75) is 37.5 Å². The lowest BCUT2D eigenvalue weighted by molar-refractivity contribution is 0.127. The second-order valence-electron chi connectivity index (χ2n) is 5.69. The van der Waals surface area contributed by atoms with E-state index in [1.165, 1.54) is 0 Å². The van der Waals surface area contributed by atoms with E-state index in [1.54, 1.807) is 0 Å². The maximum atomic E-state index is 12.4. The molecule has 1 saturated heterocycles. The number of halogens is 1. The van der Waals surface area contributed by atoms with Crippen molar-refractivity contribution in [1.29, 1.82) is 0 Å². The van der Waals surface area contributed by atoms with Gasteiger partial charge in [0.15, 0.2) is 11.5 Å². The first-order valence-electron chi connectivity index (χ1n) is 7.72. The number of fused-ring (bicyclic) bond motifs is 1. The first kappa shape index (κ1) is 16.1. The third-order valence-corrected chi connectivity index (χ3v) is 6.28. The Morgan fingerprint density at radius 3 is 2.86 bits per heavy atom. The van der Waals surface area contributed by atoms with Gasteiger partial charge in [0.25, 0.3) is 0 Å². The Labute approximate surface area is 138 Å². The molecule has 6 heteroatoms. The Morgan fingerprint density at radius 1 is 1.27 bits per heavy atom. The number of rotatable bonds is 4. The standard InChI is InChI=1S/C16H21ClO4S/c1-11-15(3-7-19-11)22(18)8-4-12-9-13(17)16-14(10-12)20-5-2-6-21-16/h9-11,15H,2-8H2,1H3/t11-,15-,22-/m0/s1. The van der Waals surface area contributed by atoms with Crippen LogP contribution in [0.15, 0.2) is 12.1 Å². The predicted molar refractivity (Wildman–Crippen MR) is 87.6 cm³/mol. The Hall–Kier alpha value is -0.780. The zero-order valence-corrected chi connectivity index (χ0v) is 14.3. The highest BCUT2D eigenvalue weighted by molar-refractivity contribution is 7.85. The molecule has 22 heavy (non-hydrogen) atoms. The lowest BCUT2D eigenvalue weighted by atomic mass is 10.1.